The van der Waals surface area contributed by atoms with E-state index in [2.05, 4.69) is 0 Å². The lowest BCUT2D eigenvalue weighted by molar-refractivity contribution is 0.0698. The van der Waals surface area contributed by atoms with E-state index in [0.29, 0.717) is 0 Å². The minimum absolute atomic E-state index is 0.0606. The van der Waals surface area contributed by atoms with Gasteiger partial charge in [-0.2, -0.15) is 4.31 Å². The van der Waals surface area contributed by atoms with Crippen molar-refractivity contribution >= 4 is 27.3 Å². The predicted octanol–water partition coefficient (Wildman–Crippen LogP) is 0.838. The highest BCUT2D eigenvalue weighted by atomic mass is 32.2. The maximum absolute atomic E-state index is 12.3. The molecule has 0 fully saturated rings. The largest absolute Gasteiger partial charge is 0.477 e. The van der Waals surface area contributed by atoms with Gasteiger partial charge in [-0.15, -0.1) is 11.3 Å². The van der Waals surface area contributed by atoms with Crippen LogP contribution in [0, 0.1) is 0 Å². The van der Waals surface area contributed by atoms with Crippen molar-refractivity contribution in [3.05, 3.63) is 16.3 Å². The first kappa shape index (κ1) is 15.1. The number of hydrogen-bond donors (Lipinski definition) is 2. The summed E-state index contributed by atoms with van der Waals surface area (Å²) in [6.45, 7) is 2.96. The highest BCUT2D eigenvalue weighted by Crippen LogP contribution is 2.26. The van der Waals surface area contributed by atoms with Gasteiger partial charge >= 0.3 is 5.97 Å². The first-order valence-electron chi connectivity index (χ1n) is 5.25. The zero-order valence-electron chi connectivity index (χ0n) is 10.0. The van der Waals surface area contributed by atoms with E-state index < -0.39 is 16.0 Å². The molecule has 0 saturated carbocycles. The van der Waals surface area contributed by atoms with E-state index in [1.165, 1.54) is 11.4 Å². The minimum Gasteiger partial charge on any atom is -0.477 e. The number of aliphatic hydroxyl groups excluding tert-OH is 1. The van der Waals surface area contributed by atoms with E-state index in [1.807, 2.05) is 0 Å². The molecule has 0 bridgehead atoms. The molecule has 0 aliphatic carbocycles. The van der Waals surface area contributed by atoms with Crippen LogP contribution in [-0.2, 0) is 10.0 Å². The molecule has 0 aromatic carbocycles. The molecule has 1 aromatic heterocycles. The molecule has 2 N–H and O–H groups in total. The minimum atomic E-state index is -3.89. The SMILES string of the molecule is CC(C)N(CCO)S(=O)(=O)c1ccsc1C(=O)O. The Labute approximate surface area is 110 Å². The summed E-state index contributed by atoms with van der Waals surface area (Å²) in [7, 11) is -3.89. The van der Waals surface area contributed by atoms with Gasteiger partial charge in [-0.3, -0.25) is 0 Å². The summed E-state index contributed by atoms with van der Waals surface area (Å²) in [4.78, 5) is 10.5. The fourth-order valence-corrected chi connectivity index (χ4v) is 4.40. The zero-order chi connectivity index (χ0) is 13.9. The maximum Gasteiger partial charge on any atom is 0.347 e. The average Bonchev–Trinajstić information content (AvgIpc) is 2.74. The summed E-state index contributed by atoms with van der Waals surface area (Å²) in [5.74, 6) is -1.27. The van der Waals surface area contributed by atoms with Gasteiger partial charge < -0.3 is 10.2 Å². The first-order chi connectivity index (χ1) is 8.32. The Morgan fingerprint density at radius 2 is 2.11 bits per heavy atom. The Kier molecular flexibility index (Phi) is 4.85. The second-order valence-electron chi connectivity index (χ2n) is 3.85. The number of hydrogen-bond acceptors (Lipinski definition) is 5. The highest BCUT2D eigenvalue weighted by molar-refractivity contribution is 7.89. The Bertz CT molecular complexity index is 520. The first-order valence-corrected chi connectivity index (χ1v) is 7.57. The smallest absolute Gasteiger partial charge is 0.347 e. The van der Waals surface area contributed by atoms with Crippen LogP contribution in [0.25, 0.3) is 0 Å². The summed E-state index contributed by atoms with van der Waals surface area (Å²) >= 11 is 0.864. The van der Waals surface area contributed by atoms with Crippen LogP contribution in [0.2, 0.25) is 0 Å². The van der Waals surface area contributed by atoms with Gasteiger partial charge in [0.2, 0.25) is 10.0 Å². The maximum atomic E-state index is 12.3. The molecule has 0 spiro atoms. The van der Waals surface area contributed by atoms with Crippen LogP contribution in [0.1, 0.15) is 23.5 Å². The van der Waals surface area contributed by atoms with Crippen LogP contribution >= 0.6 is 11.3 Å². The van der Waals surface area contributed by atoms with E-state index in [-0.39, 0.29) is 29.0 Å². The molecule has 0 aliphatic rings. The van der Waals surface area contributed by atoms with Crippen molar-refractivity contribution < 1.29 is 23.4 Å². The number of carboxylic acid groups (broad SMARTS) is 1. The molecular weight excluding hydrogens is 278 g/mol. The highest BCUT2D eigenvalue weighted by Gasteiger charge is 2.31. The van der Waals surface area contributed by atoms with Crippen molar-refractivity contribution in [2.24, 2.45) is 0 Å². The molecule has 1 aromatic rings. The molecular formula is C10H15NO5S2. The van der Waals surface area contributed by atoms with Gasteiger partial charge in [-0.25, -0.2) is 13.2 Å². The molecule has 8 heteroatoms. The lowest BCUT2D eigenvalue weighted by atomic mass is 10.4. The Hall–Kier alpha value is -0.960. The quantitative estimate of drug-likeness (QED) is 0.810. The number of carboxylic acids is 1. The molecule has 102 valence electrons. The second kappa shape index (κ2) is 5.79. The molecule has 0 amide bonds. The lowest BCUT2D eigenvalue weighted by Gasteiger charge is -2.24. The molecule has 0 radical (unpaired) electrons. The molecule has 1 rings (SSSR count). The van der Waals surface area contributed by atoms with Crippen molar-refractivity contribution in [2.75, 3.05) is 13.2 Å². The molecule has 0 saturated heterocycles. The number of aromatic carboxylic acids is 1. The van der Waals surface area contributed by atoms with Crippen molar-refractivity contribution in [3.63, 3.8) is 0 Å². The van der Waals surface area contributed by atoms with Crippen molar-refractivity contribution in [1.29, 1.82) is 0 Å². The predicted molar refractivity (Wildman–Crippen MR) is 67.4 cm³/mol. The van der Waals surface area contributed by atoms with Gasteiger partial charge in [0.05, 0.1) is 6.61 Å². The number of nitrogens with zero attached hydrogens (tertiary/aromatic N) is 1. The molecule has 18 heavy (non-hydrogen) atoms. The average molecular weight is 293 g/mol. The van der Waals surface area contributed by atoms with Crippen LogP contribution in [0.3, 0.4) is 0 Å². The summed E-state index contributed by atoms with van der Waals surface area (Å²) in [6.07, 6.45) is 0. The molecule has 0 aliphatic heterocycles. The number of thiophene rings is 1. The van der Waals surface area contributed by atoms with E-state index in [0.717, 1.165) is 15.6 Å². The van der Waals surface area contributed by atoms with E-state index in [4.69, 9.17) is 10.2 Å². The molecule has 6 nitrogen and oxygen atoms in total. The van der Waals surface area contributed by atoms with Crippen LogP contribution in [0.5, 0.6) is 0 Å². The fourth-order valence-electron chi connectivity index (χ4n) is 1.54. The summed E-state index contributed by atoms with van der Waals surface area (Å²) in [6, 6.07) is 0.916. The normalized spacial score (nSPS) is 12.3. The van der Waals surface area contributed by atoms with Crippen LogP contribution in [-0.4, -0.2) is 48.1 Å². The molecule has 0 atom stereocenters. The van der Waals surface area contributed by atoms with Crippen LogP contribution < -0.4 is 0 Å². The van der Waals surface area contributed by atoms with Crippen LogP contribution in [0.4, 0.5) is 0 Å². The van der Waals surface area contributed by atoms with Gasteiger partial charge in [0.15, 0.2) is 0 Å². The number of rotatable bonds is 6. The van der Waals surface area contributed by atoms with Crippen LogP contribution in [0.15, 0.2) is 16.3 Å². The Balaban J connectivity index is 3.27. The molecule has 1 heterocycles. The molecule has 0 unspecified atom stereocenters. The van der Waals surface area contributed by atoms with E-state index in [1.54, 1.807) is 13.8 Å². The Morgan fingerprint density at radius 3 is 2.56 bits per heavy atom. The number of aliphatic hydroxyl groups is 1. The third-order valence-corrected chi connectivity index (χ3v) is 5.46. The monoisotopic (exact) mass is 293 g/mol. The van der Waals surface area contributed by atoms with Gasteiger partial charge in [-0.05, 0) is 25.3 Å². The third kappa shape index (κ3) is 2.89. The third-order valence-electron chi connectivity index (χ3n) is 2.31. The van der Waals surface area contributed by atoms with Gasteiger partial charge in [0.25, 0.3) is 0 Å². The van der Waals surface area contributed by atoms with Gasteiger partial charge in [0.1, 0.15) is 9.77 Å². The van der Waals surface area contributed by atoms with Crippen molar-refractivity contribution in [1.82, 2.24) is 4.31 Å². The lowest BCUT2D eigenvalue weighted by Crippen LogP contribution is -2.39. The summed E-state index contributed by atoms with van der Waals surface area (Å²) < 4.78 is 25.7. The second-order valence-corrected chi connectivity index (χ2v) is 6.63. The van der Waals surface area contributed by atoms with E-state index >= 15 is 0 Å². The van der Waals surface area contributed by atoms with E-state index in [9.17, 15) is 13.2 Å². The van der Waals surface area contributed by atoms with Gasteiger partial charge in [0, 0.05) is 12.6 Å². The topological polar surface area (TPSA) is 94.9 Å². The van der Waals surface area contributed by atoms with Crippen molar-refractivity contribution in [3.8, 4) is 0 Å². The van der Waals surface area contributed by atoms with Crippen molar-refractivity contribution in [2.45, 2.75) is 24.8 Å². The number of carbonyl (C=O) groups is 1. The Morgan fingerprint density at radius 1 is 1.50 bits per heavy atom. The standard InChI is InChI=1S/C10H15NO5S2/c1-7(2)11(4-5-12)18(15,16)8-3-6-17-9(8)10(13)14/h3,6-7,12H,4-5H2,1-2H3,(H,13,14). The summed E-state index contributed by atoms with van der Waals surface area (Å²) in [5.41, 5.74) is 0. The zero-order valence-corrected chi connectivity index (χ0v) is 11.7. The number of sulfonamides is 1. The van der Waals surface area contributed by atoms with Gasteiger partial charge in [-0.1, -0.05) is 0 Å². The summed E-state index contributed by atoms with van der Waals surface area (Å²) in [5, 5.41) is 19.3. The fraction of sp³-hybridized carbons (Fsp3) is 0.500.